The highest BCUT2D eigenvalue weighted by molar-refractivity contribution is 5.80. The van der Waals surface area contributed by atoms with Crippen molar-refractivity contribution in [3.05, 3.63) is 39.9 Å². The van der Waals surface area contributed by atoms with Gasteiger partial charge in [0.1, 0.15) is 0 Å². The molecule has 1 aliphatic rings. The number of nitrogens with zero attached hydrogens (tertiary/aromatic N) is 2. The van der Waals surface area contributed by atoms with Gasteiger partial charge in [-0.2, -0.15) is 0 Å². The average Bonchev–Trinajstić information content (AvgIpc) is 2.87. The van der Waals surface area contributed by atoms with E-state index in [4.69, 9.17) is 4.74 Å². The summed E-state index contributed by atoms with van der Waals surface area (Å²) in [5.74, 6) is -0.507. The van der Waals surface area contributed by atoms with E-state index in [1.54, 1.807) is 0 Å². The maximum atomic E-state index is 11.4. The second-order valence-electron chi connectivity index (χ2n) is 3.63. The van der Waals surface area contributed by atoms with Crippen molar-refractivity contribution in [1.29, 1.82) is 0 Å². The van der Waals surface area contributed by atoms with Crippen LogP contribution in [0.1, 0.15) is 11.7 Å². The van der Waals surface area contributed by atoms with Gasteiger partial charge in [-0.05, 0) is 17.7 Å². The molecule has 0 unspecified atom stereocenters. The number of hydrogen-bond acceptors (Lipinski definition) is 6. The molecule has 0 aromatic heterocycles. The van der Waals surface area contributed by atoms with Gasteiger partial charge in [-0.3, -0.25) is 10.1 Å². The SMILES string of the molecule is COC(=O)[C@@H]1N=CO[C@H]1c1ccc([N+](=O)[O-])cc1. The van der Waals surface area contributed by atoms with Crippen LogP contribution in [0, 0.1) is 10.1 Å². The summed E-state index contributed by atoms with van der Waals surface area (Å²) in [6, 6.07) is 5.01. The number of hydrogen-bond donors (Lipinski definition) is 0. The summed E-state index contributed by atoms with van der Waals surface area (Å²) < 4.78 is 9.82. The number of carbonyl (C=O) groups excluding carboxylic acids is 1. The maximum Gasteiger partial charge on any atom is 0.334 e. The van der Waals surface area contributed by atoms with Gasteiger partial charge in [0.25, 0.3) is 5.69 Å². The molecule has 1 heterocycles. The quantitative estimate of drug-likeness (QED) is 0.457. The van der Waals surface area contributed by atoms with Gasteiger partial charge in [0.15, 0.2) is 18.5 Å². The smallest absolute Gasteiger partial charge is 0.334 e. The first-order valence-electron chi connectivity index (χ1n) is 5.13. The van der Waals surface area contributed by atoms with Gasteiger partial charge in [-0.25, -0.2) is 9.79 Å². The molecule has 0 saturated carbocycles. The molecule has 7 nitrogen and oxygen atoms in total. The number of carbonyl (C=O) groups is 1. The molecule has 0 amide bonds. The Bertz CT molecular complexity index is 497. The fraction of sp³-hybridized carbons (Fsp3) is 0.273. The van der Waals surface area contributed by atoms with E-state index >= 15 is 0 Å². The van der Waals surface area contributed by atoms with Gasteiger partial charge < -0.3 is 9.47 Å². The molecule has 1 aromatic carbocycles. The predicted octanol–water partition coefficient (Wildman–Crippen LogP) is 1.24. The standard InChI is InChI=1S/C11H10N2O5/c1-17-11(14)9-10(18-6-12-9)7-2-4-8(5-3-7)13(15)16/h2-6,9-10H,1H3/t9-,10+/m1/s1. The Hall–Kier alpha value is -2.44. The molecule has 0 fully saturated rings. The fourth-order valence-corrected chi connectivity index (χ4v) is 1.67. The Kier molecular flexibility index (Phi) is 3.22. The highest BCUT2D eigenvalue weighted by atomic mass is 16.6. The molecule has 18 heavy (non-hydrogen) atoms. The third kappa shape index (κ3) is 2.15. The molecule has 94 valence electrons. The Morgan fingerprint density at radius 2 is 2.11 bits per heavy atom. The Morgan fingerprint density at radius 3 is 2.67 bits per heavy atom. The summed E-state index contributed by atoms with van der Waals surface area (Å²) in [5.41, 5.74) is 0.612. The van der Waals surface area contributed by atoms with Crippen molar-refractivity contribution in [2.24, 2.45) is 4.99 Å². The van der Waals surface area contributed by atoms with E-state index in [1.165, 1.54) is 37.8 Å². The minimum Gasteiger partial charge on any atom is -0.473 e. The van der Waals surface area contributed by atoms with Gasteiger partial charge in [0.05, 0.1) is 12.0 Å². The molecule has 1 aliphatic heterocycles. The van der Waals surface area contributed by atoms with Crippen LogP contribution in [0.15, 0.2) is 29.3 Å². The van der Waals surface area contributed by atoms with E-state index in [0.29, 0.717) is 5.56 Å². The number of aliphatic imine (C=N–C) groups is 1. The van der Waals surface area contributed by atoms with Gasteiger partial charge >= 0.3 is 5.97 Å². The number of rotatable bonds is 3. The Labute approximate surface area is 102 Å². The zero-order valence-corrected chi connectivity index (χ0v) is 9.48. The second kappa shape index (κ2) is 4.82. The lowest BCUT2D eigenvalue weighted by molar-refractivity contribution is -0.384. The topological polar surface area (TPSA) is 91.0 Å². The zero-order valence-electron chi connectivity index (χ0n) is 9.48. The zero-order chi connectivity index (χ0) is 13.1. The van der Waals surface area contributed by atoms with Crippen molar-refractivity contribution in [3.63, 3.8) is 0 Å². The van der Waals surface area contributed by atoms with Crippen molar-refractivity contribution < 1.29 is 19.2 Å². The van der Waals surface area contributed by atoms with Gasteiger partial charge in [-0.15, -0.1) is 0 Å². The van der Waals surface area contributed by atoms with Crippen molar-refractivity contribution in [1.82, 2.24) is 0 Å². The summed E-state index contributed by atoms with van der Waals surface area (Å²) in [6.45, 7) is 0. The van der Waals surface area contributed by atoms with Crippen LogP contribution in [0.4, 0.5) is 5.69 Å². The van der Waals surface area contributed by atoms with Crippen molar-refractivity contribution in [2.75, 3.05) is 7.11 Å². The van der Waals surface area contributed by atoms with Crippen LogP contribution in [-0.2, 0) is 14.3 Å². The number of benzene rings is 1. The third-order valence-corrected chi connectivity index (χ3v) is 2.59. The van der Waals surface area contributed by atoms with Gasteiger partial charge in [-0.1, -0.05) is 0 Å². The van der Waals surface area contributed by atoms with Crippen LogP contribution >= 0.6 is 0 Å². The van der Waals surface area contributed by atoms with Crippen molar-refractivity contribution in [2.45, 2.75) is 12.1 Å². The lowest BCUT2D eigenvalue weighted by atomic mass is 10.0. The van der Waals surface area contributed by atoms with Crippen LogP contribution in [0.5, 0.6) is 0 Å². The highest BCUT2D eigenvalue weighted by Crippen LogP contribution is 2.28. The number of nitro benzene ring substituents is 1. The summed E-state index contributed by atoms with van der Waals surface area (Å²) in [4.78, 5) is 25.4. The average molecular weight is 250 g/mol. The maximum absolute atomic E-state index is 11.4. The molecule has 0 radical (unpaired) electrons. The van der Waals surface area contributed by atoms with E-state index in [1.807, 2.05) is 0 Å². The normalized spacial score (nSPS) is 21.4. The van der Waals surface area contributed by atoms with E-state index in [9.17, 15) is 14.9 Å². The third-order valence-electron chi connectivity index (χ3n) is 2.59. The molecular formula is C11H10N2O5. The molecule has 0 bridgehead atoms. The van der Waals surface area contributed by atoms with E-state index < -0.39 is 23.0 Å². The monoisotopic (exact) mass is 250 g/mol. The molecule has 2 rings (SSSR count). The molecule has 0 aliphatic carbocycles. The lowest BCUT2D eigenvalue weighted by Crippen LogP contribution is -2.25. The van der Waals surface area contributed by atoms with Crippen LogP contribution in [0.3, 0.4) is 0 Å². The van der Waals surface area contributed by atoms with Crippen molar-refractivity contribution in [3.8, 4) is 0 Å². The molecule has 0 saturated heterocycles. The molecule has 0 N–H and O–H groups in total. The fourth-order valence-electron chi connectivity index (χ4n) is 1.67. The van der Waals surface area contributed by atoms with E-state index in [-0.39, 0.29) is 5.69 Å². The molecule has 0 spiro atoms. The lowest BCUT2D eigenvalue weighted by Gasteiger charge is -2.15. The number of non-ortho nitro benzene ring substituents is 1. The number of esters is 1. The summed E-state index contributed by atoms with van der Waals surface area (Å²) in [6.07, 6.45) is 0.589. The Morgan fingerprint density at radius 1 is 1.44 bits per heavy atom. The first-order valence-corrected chi connectivity index (χ1v) is 5.13. The molecule has 2 atom stereocenters. The summed E-state index contributed by atoms with van der Waals surface area (Å²) in [5, 5.41) is 10.5. The number of ether oxygens (including phenoxy) is 2. The molecule has 7 heteroatoms. The molecule has 1 aromatic rings. The van der Waals surface area contributed by atoms with Crippen LogP contribution in [0.2, 0.25) is 0 Å². The highest BCUT2D eigenvalue weighted by Gasteiger charge is 2.34. The van der Waals surface area contributed by atoms with Crippen molar-refractivity contribution >= 4 is 18.1 Å². The second-order valence-corrected chi connectivity index (χ2v) is 3.63. The summed E-state index contributed by atoms with van der Waals surface area (Å²) in [7, 11) is 1.27. The largest absolute Gasteiger partial charge is 0.473 e. The first kappa shape index (κ1) is 12.0. The number of nitro groups is 1. The molecular weight excluding hydrogens is 240 g/mol. The first-order chi connectivity index (χ1) is 8.63. The van der Waals surface area contributed by atoms with E-state index in [0.717, 1.165) is 0 Å². The summed E-state index contributed by atoms with van der Waals surface area (Å²) >= 11 is 0. The van der Waals surface area contributed by atoms with Crippen LogP contribution in [0.25, 0.3) is 0 Å². The minimum absolute atomic E-state index is 0.0210. The van der Waals surface area contributed by atoms with Gasteiger partial charge in [0, 0.05) is 12.1 Å². The minimum atomic E-state index is -0.767. The van der Waals surface area contributed by atoms with E-state index in [2.05, 4.69) is 9.73 Å². The van der Waals surface area contributed by atoms with Crippen LogP contribution in [-0.4, -0.2) is 30.4 Å². The predicted molar refractivity (Wildman–Crippen MR) is 61.2 cm³/mol. The van der Waals surface area contributed by atoms with Crippen LogP contribution < -0.4 is 0 Å². The Balaban J connectivity index is 2.21. The van der Waals surface area contributed by atoms with Gasteiger partial charge in [0.2, 0.25) is 0 Å². The number of methoxy groups -OCH3 is 1.